The zero-order valence-electron chi connectivity index (χ0n) is 19.9. The van der Waals surface area contributed by atoms with Crippen molar-refractivity contribution in [1.82, 2.24) is 10.6 Å². The molecule has 8 heteroatoms. The smallest absolute Gasteiger partial charge is 0.407 e. The van der Waals surface area contributed by atoms with Crippen LogP contribution in [0.25, 0.3) is 10.8 Å². The number of fused-ring (bicyclic) bond motifs is 1. The number of aliphatic hydroxyl groups is 1. The van der Waals surface area contributed by atoms with Gasteiger partial charge in [0.15, 0.2) is 0 Å². The van der Waals surface area contributed by atoms with Gasteiger partial charge in [-0.3, -0.25) is 0 Å². The maximum atomic E-state index is 11.6. The van der Waals surface area contributed by atoms with E-state index >= 15 is 0 Å². The Balaban J connectivity index is 1.11. The van der Waals surface area contributed by atoms with E-state index < -0.39 is 12.2 Å². The van der Waals surface area contributed by atoms with Gasteiger partial charge in [0.05, 0.1) is 26.4 Å². The van der Waals surface area contributed by atoms with Crippen molar-refractivity contribution in [2.45, 2.75) is 12.7 Å². The fraction of sp³-hybridized carbons (Fsp3) is 0.370. The lowest BCUT2D eigenvalue weighted by Crippen LogP contribution is -2.33. The Hall–Kier alpha value is -3.17. The first-order valence-corrected chi connectivity index (χ1v) is 11.8. The second-order valence-electron chi connectivity index (χ2n) is 7.86. The molecule has 3 aromatic carbocycles. The highest BCUT2D eigenvalue weighted by Gasteiger charge is 2.07. The molecule has 0 aliphatic carbocycles. The molecule has 3 N–H and O–H groups in total. The van der Waals surface area contributed by atoms with Crippen LogP contribution in [0.3, 0.4) is 0 Å². The molecule has 0 bridgehead atoms. The van der Waals surface area contributed by atoms with E-state index in [1.807, 2.05) is 72.8 Å². The summed E-state index contributed by atoms with van der Waals surface area (Å²) in [5.41, 5.74) is 0.939. The van der Waals surface area contributed by atoms with E-state index in [1.54, 1.807) is 0 Å². The molecular weight excluding hydrogens is 448 g/mol. The van der Waals surface area contributed by atoms with Gasteiger partial charge in [0, 0.05) is 25.0 Å². The van der Waals surface area contributed by atoms with E-state index in [-0.39, 0.29) is 13.2 Å². The summed E-state index contributed by atoms with van der Waals surface area (Å²) in [4.78, 5) is 11.6. The minimum Gasteiger partial charge on any atom is -0.490 e. The Bertz CT molecular complexity index is 996. The number of ether oxygens (including phenoxy) is 4. The lowest BCUT2D eigenvalue weighted by atomic mass is 10.1. The maximum Gasteiger partial charge on any atom is 0.407 e. The lowest BCUT2D eigenvalue weighted by molar-refractivity contribution is 0.0475. The monoisotopic (exact) mass is 482 g/mol. The first kappa shape index (κ1) is 26.4. The van der Waals surface area contributed by atoms with Crippen molar-refractivity contribution in [2.24, 2.45) is 0 Å². The molecule has 0 aliphatic rings. The van der Waals surface area contributed by atoms with Gasteiger partial charge in [0.2, 0.25) is 0 Å². The number of alkyl carbamates (subject to hydrolysis) is 1. The van der Waals surface area contributed by atoms with Crippen molar-refractivity contribution in [3.63, 3.8) is 0 Å². The molecule has 188 valence electrons. The number of carbonyl (C=O) groups excluding carboxylic acids is 1. The Labute approximate surface area is 206 Å². The highest BCUT2D eigenvalue weighted by molar-refractivity contribution is 5.88. The number of benzene rings is 3. The summed E-state index contributed by atoms with van der Waals surface area (Å²) in [6.07, 6.45) is -1.09. The first-order valence-electron chi connectivity index (χ1n) is 11.8. The third kappa shape index (κ3) is 10.3. The SMILES string of the molecule is O=C(NCCOCCOCCNC[C@H](O)COc1cccc2ccccc12)OCc1ccccc1. The van der Waals surface area contributed by atoms with Gasteiger partial charge in [0.25, 0.3) is 0 Å². The van der Waals surface area contributed by atoms with Crippen LogP contribution in [-0.4, -0.2) is 70.0 Å². The van der Waals surface area contributed by atoms with E-state index in [1.165, 1.54) is 0 Å². The summed E-state index contributed by atoms with van der Waals surface area (Å²) in [5.74, 6) is 0.768. The molecule has 0 unspecified atom stereocenters. The predicted molar refractivity (Wildman–Crippen MR) is 135 cm³/mol. The molecular formula is C27H34N2O6. The highest BCUT2D eigenvalue weighted by atomic mass is 16.5. The highest BCUT2D eigenvalue weighted by Crippen LogP contribution is 2.25. The van der Waals surface area contributed by atoms with Gasteiger partial charge in [-0.15, -0.1) is 0 Å². The summed E-state index contributed by atoms with van der Waals surface area (Å²) in [5, 5.41) is 18.1. The zero-order valence-corrected chi connectivity index (χ0v) is 19.9. The second-order valence-corrected chi connectivity index (χ2v) is 7.86. The van der Waals surface area contributed by atoms with Gasteiger partial charge in [-0.05, 0) is 17.0 Å². The molecule has 0 saturated heterocycles. The van der Waals surface area contributed by atoms with Crippen molar-refractivity contribution < 1.29 is 28.8 Å². The predicted octanol–water partition coefficient (Wildman–Crippen LogP) is 3.13. The number of rotatable bonds is 16. The largest absolute Gasteiger partial charge is 0.490 e. The molecule has 0 radical (unpaired) electrons. The quantitative estimate of drug-likeness (QED) is 0.270. The van der Waals surface area contributed by atoms with Crippen molar-refractivity contribution in [2.75, 3.05) is 52.7 Å². The topological polar surface area (TPSA) is 98.3 Å². The van der Waals surface area contributed by atoms with E-state index in [4.69, 9.17) is 18.9 Å². The van der Waals surface area contributed by atoms with Crippen LogP contribution in [0.15, 0.2) is 72.8 Å². The molecule has 1 amide bonds. The molecule has 8 nitrogen and oxygen atoms in total. The normalized spacial score (nSPS) is 11.8. The Kier molecular flexibility index (Phi) is 11.8. The van der Waals surface area contributed by atoms with Crippen LogP contribution < -0.4 is 15.4 Å². The minimum absolute atomic E-state index is 0.212. The fourth-order valence-electron chi connectivity index (χ4n) is 3.30. The molecule has 3 rings (SSSR count). The average Bonchev–Trinajstić information content (AvgIpc) is 2.90. The van der Waals surface area contributed by atoms with Crippen LogP contribution in [0.1, 0.15) is 5.56 Å². The van der Waals surface area contributed by atoms with Crippen molar-refractivity contribution in [3.05, 3.63) is 78.4 Å². The van der Waals surface area contributed by atoms with Crippen LogP contribution in [0.5, 0.6) is 5.75 Å². The summed E-state index contributed by atoms with van der Waals surface area (Å²) < 4.78 is 21.8. The van der Waals surface area contributed by atoms with Gasteiger partial charge < -0.3 is 34.7 Å². The number of nitrogens with one attached hydrogen (secondary N) is 2. The van der Waals surface area contributed by atoms with Crippen LogP contribution >= 0.6 is 0 Å². The van der Waals surface area contributed by atoms with Crippen LogP contribution in [0, 0.1) is 0 Å². The molecule has 0 heterocycles. The molecule has 0 spiro atoms. The molecule has 3 aromatic rings. The number of hydrogen-bond donors (Lipinski definition) is 3. The van der Waals surface area contributed by atoms with E-state index in [0.29, 0.717) is 46.1 Å². The Morgan fingerprint density at radius 1 is 0.829 bits per heavy atom. The number of hydrogen-bond acceptors (Lipinski definition) is 7. The third-order valence-electron chi connectivity index (χ3n) is 5.08. The minimum atomic E-state index is -0.621. The summed E-state index contributed by atoms with van der Waals surface area (Å²) in [6, 6.07) is 23.4. The Morgan fingerprint density at radius 3 is 2.37 bits per heavy atom. The average molecular weight is 483 g/mol. The van der Waals surface area contributed by atoms with Crippen LogP contribution in [0.2, 0.25) is 0 Å². The maximum absolute atomic E-state index is 11.6. The van der Waals surface area contributed by atoms with Gasteiger partial charge in [0.1, 0.15) is 25.1 Å². The number of carbonyl (C=O) groups is 1. The van der Waals surface area contributed by atoms with Crippen molar-refractivity contribution >= 4 is 16.9 Å². The Morgan fingerprint density at radius 2 is 1.54 bits per heavy atom. The number of aliphatic hydroxyl groups excluding tert-OH is 1. The molecule has 0 fully saturated rings. The summed E-state index contributed by atoms with van der Waals surface area (Å²) in [6.45, 7) is 3.61. The molecule has 1 atom stereocenters. The first-order chi connectivity index (χ1) is 17.2. The van der Waals surface area contributed by atoms with Gasteiger partial charge in [-0.1, -0.05) is 66.7 Å². The lowest BCUT2D eigenvalue weighted by Gasteiger charge is -2.14. The van der Waals surface area contributed by atoms with E-state index in [9.17, 15) is 9.90 Å². The van der Waals surface area contributed by atoms with Crippen LogP contribution in [0.4, 0.5) is 4.79 Å². The summed E-state index contributed by atoms with van der Waals surface area (Å²) in [7, 11) is 0. The van der Waals surface area contributed by atoms with E-state index in [2.05, 4.69) is 10.6 Å². The van der Waals surface area contributed by atoms with Gasteiger partial charge in [-0.25, -0.2) is 4.79 Å². The molecule has 0 aromatic heterocycles. The third-order valence-corrected chi connectivity index (χ3v) is 5.08. The standard InChI is InChI=1S/C27H34N2O6/c30-24(21-34-26-12-6-10-23-9-4-5-11-25(23)26)19-28-13-15-32-17-18-33-16-14-29-27(31)35-20-22-7-2-1-3-8-22/h1-12,24,28,30H,13-21H2,(H,29,31)/t24-/m0/s1. The van der Waals surface area contributed by atoms with Gasteiger partial charge >= 0.3 is 6.09 Å². The zero-order chi connectivity index (χ0) is 24.6. The van der Waals surface area contributed by atoms with Crippen molar-refractivity contribution in [1.29, 1.82) is 0 Å². The van der Waals surface area contributed by atoms with Crippen LogP contribution in [-0.2, 0) is 20.8 Å². The molecule has 35 heavy (non-hydrogen) atoms. The molecule has 0 saturated carbocycles. The second kappa shape index (κ2) is 15.7. The van der Waals surface area contributed by atoms with Crippen molar-refractivity contribution in [3.8, 4) is 5.75 Å². The number of amides is 1. The fourth-order valence-corrected chi connectivity index (χ4v) is 3.30. The molecule has 0 aliphatic heterocycles. The van der Waals surface area contributed by atoms with E-state index in [0.717, 1.165) is 22.1 Å². The summed E-state index contributed by atoms with van der Waals surface area (Å²) >= 11 is 0. The van der Waals surface area contributed by atoms with Gasteiger partial charge in [-0.2, -0.15) is 0 Å².